The molecule has 5 nitrogen and oxygen atoms in total. The molecule has 0 spiro atoms. The molecule has 2 amide bonds. The first-order valence-corrected chi connectivity index (χ1v) is 7.50. The van der Waals surface area contributed by atoms with Gasteiger partial charge in [-0.05, 0) is 18.4 Å². The highest BCUT2D eigenvalue weighted by atomic mass is 35.5. The number of likely N-dealkylation sites (tertiary alicyclic amines) is 1. The van der Waals surface area contributed by atoms with Crippen LogP contribution in [0.5, 0.6) is 0 Å². The molecule has 1 aliphatic heterocycles. The number of piperidine rings is 1. The summed E-state index contributed by atoms with van der Waals surface area (Å²) in [6.45, 7) is 1.79. The van der Waals surface area contributed by atoms with Gasteiger partial charge in [0.2, 0.25) is 11.8 Å². The van der Waals surface area contributed by atoms with Crippen LogP contribution in [-0.4, -0.2) is 42.4 Å². The molecule has 0 bridgehead atoms. The Balaban J connectivity index is 1.80. The zero-order chi connectivity index (χ0) is 15.2. The predicted molar refractivity (Wildman–Crippen MR) is 81.8 cm³/mol. The molecule has 0 saturated carbocycles. The zero-order valence-corrected chi connectivity index (χ0v) is 12.6. The van der Waals surface area contributed by atoms with Crippen molar-refractivity contribution in [1.29, 1.82) is 0 Å². The van der Waals surface area contributed by atoms with E-state index in [0.29, 0.717) is 0 Å². The summed E-state index contributed by atoms with van der Waals surface area (Å²) in [5.74, 6) is -0.487. The molecular weight excluding hydrogens is 290 g/mol. The summed E-state index contributed by atoms with van der Waals surface area (Å²) in [5, 5.41) is 2.31. The number of primary amides is 1. The first-order valence-electron chi connectivity index (χ1n) is 7.06. The molecule has 0 aliphatic carbocycles. The number of halogens is 1. The molecule has 1 aliphatic rings. The SMILES string of the molecule is NC(=O)CN1CCC(NC(=O)C(Cl)c2ccccc2)CC1. The van der Waals surface area contributed by atoms with E-state index < -0.39 is 5.38 Å². The molecule has 114 valence electrons. The van der Waals surface area contributed by atoms with Gasteiger partial charge in [-0.15, -0.1) is 11.6 Å². The van der Waals surface area contributed by atoms with Gasteiger partial charge in [0, 0.05) is 19.1 Å². The Morgan fingerprint density at radius 1 is 1.29 bits per heavy atom. The summed E-state index contributed by atoms with van der Waals surface area (Å²) in [7, 11) is 0. The van der Waals surface area contributed by atoms with Gasteiger partial charge in [0.05, 0.1) is 6.54 Å². The van der Waals surface area contributed by atoms with Gasteiger partial charge in [-0.25, -0.2) is 0 Å². The highest BCUT2D eigenvalue weighted by Gasteiger charge is 2.24. The second-order valence-electron chi connectivity index (χ2n) is 5.30. The van der Waals surface area contributed by atoms with Crippen LogP contribution < -0.4 is 11.1 Å². The standard InChI is InChI=1S/C15H20ClN3O2/c16-14(11-4-2-1-3-5-11)15(21)18-12-6-8-19(9-7-12)10-13(17)20/h1-5,12,14H,6-10H2,(H2,17,20)(H,18,21). The van der Waals surface area contributed by atoms with Crippen LogP contribution in [0.15, 0.2) is 30.3 Å². The molecule has 0 aromatic heterocycles. The van der Waals surface area contributed by atoms with E-state index in [1.54, 1.807) is 0 Å². The third-order valence-corrected chi connectivity index (χ3v) is 4.09. The average Bonchev–Trinajstić information content (AvgIpc) is 2.49. The summed E-state index contributed by atoms with van der Waals surface area (Å²) in [6.07, 6.45) is 1.61. The van der Waals surface area contributed by atoms with Crippen LogP contribution in [-0.2, 0) is 9.59 Å². The van der Waals surface area contributed by atoms with Crippen molar-refractivity contribution in [3.8, 4) is 0 Å². The van der Waals surface area contributed by atoms with Gasteiger partial charge >= 0.3 is 0 Å². The minimum atomic E-state index is -0.671. The molecule has 1 unspecified atom stereocenters. The van der Waals surface area contributed by atoms with Gasteiger partial charge in [-0.2, -0.15) is 0 Å². The largest absolute Gasteiger partial charge is 0.369 e. The Morgan fingerprint density at radius 2 is 1.90 bits per heavy atom. The second-order valence-corrected chi connectivity index (χ2v) is 5.73. The number of carbonyl (C=O) groups excluding carboxylic acids is 2. The molecule has 2 rings (SSSR count). The fourth-order valence-corrected chi connectivity index (χ4v) is 2.71. The molecule has 1 saturated heterocycles. The normalized spacial score (nSPS) is 18.1. The maximum absolute atomic E-state index is 12.1. The average molecular weight is 310 g/mol. The van der Waals surface area contributed by atoms with Gasteiger partial charge in [-0.1, -0.05) is 30.3 Å². The molecule has 1 aromatic carbocycles. The maximum atomic E-state index is 12.1. The maximum Gasteiger partial charge on any atom is 0.242 e. The number of nitrogens with zero attached hydrogens (tertiary/aromatic N) is 1. The van der Waals surface area contributed by atoms with E-state index >= 15 is 0 Å². The predicted octanol–water partition coefficient (Wildman–Crippen LogP) is 1.03. The molecule has 1 aromatic rings. The number of hydrogen-bond donors (Lipinski definition) is 2. The summed E-state index contributed by atoms with van der Waals surface area (Å²) >= 11 is 6.19. The molecule has 21 heavy (non-hydrogen) atoms. The fourth-order valence-electron chi connectivity index (χ4n) is 2.50. The molecular formula is C15H20ClN3O2. The van der Waals surface area contributed by atoms with Crippen molar-refractivity contribution in [1.82, 2.24) is 10.2 Å². The first kappa shape index (κ1) is 15.8. The summed E-state index contributed by atoms with van der Waals surface area (Å²) in [5.41, 5.74) is 5.97. The van der Waals surface area contributed by atoms with Gasteiger partial charge in [0.15, 0.2) is 0 Å². The number of hydrogen-bond acceptors (Lipinski definition) is 3. The van der Waals surface area contributed by atoms with E-state index in [1.807, 2.05) is 35.2 Å². The Kier molecular flexibility index (Phi) is 5.59. The fraction of sp³-hybridized carbons (Fsp3) is 0.467. The Labute approximate surface area is 129 Å². The third kappa shape index (κ3) is 4.72. The van der Waals surface area contributed by atoms with E-state index in [4.69, 9.17) is 17.3 Å². The molecule has 3 N–H and O–H groups in total. The van der Waals surface area contributed by atoms with Crippen LogP contribution in [0.2, 0.25) is 0 Å². The lowest BCUT2D eigenvalue weighted by Gasteiger charge is -2.31. The lowest BCUT2D eigenvalue weighted by atomic mass is 10.0. The van der Waals surface area contributed by atoms with Crippen molar-refractivity contribution < 1.29 is 9.59 Å². The van der Waals surface area contributed by atoms with E-state index in [2.05, 4.69) is 5.32 Å². The van der Waals surface area contributed by atoms with E-state index in [1.165, 1.54) is 0 Å². The quantitative estimate of drug-likeness (QED) is 0.798. The van der Waals surface area contributed by atoms with E-state index in [9.17, 15) is 9.59 Å². The van der Waals surface area contributed by atoms with E-state index in [0.717, 1.165) is 31.5 Å². The topological polar surface area (TPSA) is 75.4 Å². The first-order chi connectivity index (χ1) is 10.1. The number of nitrogens with two attached hydrogens (primary N) is 1. The summed E-state index contributed by atoms with van der Waals surface area (Å²) in [4.78, 5) is 25.0. The van der Waals surface area contributed by atoms with Crippen LogP contribution in [0.1, 0.15) is 23.8 Å². The highest BCUT2D eigenvalue weighted by molar-refractivity contribution is 6.30. The van der Waals surface area contributed by atoms with Crippen LogP contribution in [0, 0.1) is 0 Å². The number of alkyl halides is 1. The van der Waals surface area contributed by atoms with Gasteiger partial charge in [0.25, 0.3) is 0 Å². The molecule has 1 atom stereocenters. The smallest absolute Gasteiger partial charge is 0.242 e. The minimum absolute atomic E-state index is 0.103. The number of nitrogens with one attached hydrogen (secondary N) is 1. The van der Waals surface area contributed by atoms with Crippen molar-refractivity contribution in [2.45, 2.75) is 24.3 Å². The van der Waals surface area contributed by atoms with Crippen molar-refractivity contribution in [3.63, 3.8) is 0 Å². The second kappa shape index (κ2) is 7.43. The van der Waals surface area contributed by atoms with Gasteiger partial charge < -0.3 is 11.1 Å². The molecule has 6 heteroatoms. The Bertz CT molecular complexity index is 487. The Hall–Kier alpha value is -1.59. The minimum Gasteiger partial charge on any atom is -0.369 e. The van der Waals surface area contributed by atoms with Crippen LogP contribution in [0.25, 0.3) is 0 Å². The monoisotopic (exact) mass is 309 g/mol. The van der Waals surface area contributed by atoms with Crippen LogP contribution in [0.4, 0.5) is 0 Å². The van der Waals surface area contributed by atoms with Crippen molar-refractivity contribution in [2.75, 3.05) is 19.6 Å². The zero-order valence-electron chi connectivity index (χ0n) is 11.8. The molecule has 1 heterocycles. The van der Waals surface area contributed by atoms with Gasteiger partial charge in [0.1, 0.15) is 5.38 Å². The van der Waals surface area contributed by atoms with Crippen molar-refractivity contribution >= 4 is 23.4 Å². The van der Waals surface area contributed by atoms with Crippen molar-refractivity contribution in [3.05, 3.63) is 35.9 Å². The van der Waals surface area contributed by atoms with Gasteiger partial charge in [-0.3, -0.25) is 14.5 Å². The number of amides is 2. The lowest BCUT2D eigenvalue weighted by Crippen LogP contribution is -2.47. The molecule has 0 radical (unpaired) electrons. The van der Waals surface area contributed by atoms with Crippen LogP contribution in [0.3, 0.4) is 0 Å². The number of rotatable bonds is 5. The van der Waals surface area contributed by atoms with E-state index in [-0.39, 0.29) is 24.4 Å². The molecule has 1 fully saturated rings. The van der Waals surface area contributed by atoms with Crippen molar-refractivity contribution in [2.24, 2.45) is 5.73 Å². The Morgan fingerprint density at radius 3 is 2.48 bits per heavy atom. The van der Waals surface area contributed by atoms with Crippen LogP contribution >= 0.6 is 11.6 Å². The summed E-state index contributed by atoms with van der Waals surface area (Å²) in [6, 6.07) is 9.39. The number of carbonyl (C=O) groups is 2. The number of benzene rings is 1. The lowest BCUT2D eigenvalue weighted by molar-refractivity contribution is -0.122. The summed E-state index contributed by atoms with van der Waals surface area (Å²) < 4.78 is 0. The third-order valence-electron chi connectivity index (χ3n) is 3.64. The highest BCUT2D eigenvalue weighted by Crippen LogP contribution is 2.21.